The van der Waals surface area contributed by atoms with Gasteiger partial charge in [0.1, 0.15) is 23.7 Å². The monoisotopic (exact) mass is 516 g/mol. The SMILES string of the molecule is CC(N)COc1cc2c(c(Cl)n1)CC(CNCCC1CN(c3ccc4c(n3)NC(=O)CO4)C(=O)O1)C2. The highest BCUT2D eigenvalue weighted by molar-refractivity contribution is 6.30. The van der Waals surface area contributed by atoms with Crippen LogP contribution >= 0.6 is 11.6 Å². The van der Waals surface area contributed by atoms with Gasteiger partial charge >= 0.3 is 6.09 Å². The lowest BCUT2D eigenvalue weighted by molar-refractivity contribution is -0.118. The number of aromatic nitrogens is 2. The average molecular weight is 517 g/mol. The van der Waals surface area contributed by atoms with Gasteiger partial charge < -0.3 is 30.6 Å². The minimum atomic E-state index is -0.453. The zero-order valence-electron chi connectivity index (χ0n) is 20.0. The number of carbonyl (C=O) groups is 2. The summed E-state index contributed by atoms with van der Waals surface area (Å²) in [5.41, 5.74) is 8.00. The van der Waals surface area contributed by atoms with E-state index < -0.39 is 6.09 Å². The third kappa shape index (κ3) is 5.48. The Morgan fingerprint density at radius 3 is 3.03 bits per heavy atom. The first kappa shape index (κ1) is 24.5. The van der Waals surface area contributed by atoms with Crippen molar-refractivity contribution in [2.45, 2.75) is 38.3 Å². The average Bonchev–Trinajstić information content (AvgIpc) is 3.43. The number of hydrogen-bond donors (Lipinski definition) is 3. The molecule has 192 valence electrons. The summed E-state index contributed by atoms with van der Waals surface area (Å²) in [6.07, 6.45) is 1.72. The second-order valence-corrected chi connectivity index (χ2v) is 9.77. The number of halogens is 1. The zero-order chi connectivity index (χ0) is 25.2. The summed E-state index contributed by atoms with van der Waals surface area (Å²) in [5, 5.41) is 6.63. The van der Waals surface area contributed by atoms with E-state index >= 15 is 0 Å². The molecule has 36 heavy (non-hydrogen) atoms. The lowest BCUT2D eigenvalue weighted by Gasteiger charge is -2.19. The maximum Gasteiger partial charge on any atom is 0.415 e. The number of nitrogens with zero attached hydrogens (tertiary/aromatic N) is 3. The first-order valence-corrected chi connectivity index (χ1v) is 12.4. The van der Waals surface area contributed by atoms with E-state index in [0.29, 0.717) is 60.5 Å². The van der Waals surface area contributed by atoms with Gasteiger partial charge in [0.15, 0.2) is 18.2 Å². The largest absolute Gasteiger partial charge is 0.480 e. The van der Waals surface area contributed by atoms with E-state index in [2.05, 4.69) is 20.6 Å². The number of carbonyl (C=O) groups excluding carboxylic acids is 2. The Balaban J connectivity index is 1.08. The van der Waals surface area contributed by atoms with E-state index in [1.54, 1.807) is 12.1 Å². The fraction of sp³-hybridized carbons (Fsp3) is 0.500. The summed E-state index contributed by atoms with van der Waals surface area (Å²) in [4.78, 5) is 34.1. The third-order valence-corrected chi connectivity index (χ3v) is 6.64. The second kappa shape index (κ2) is 10.5. The van der Waals surface area contributed by atoms with E-state index in [4.69, 9.17) is 31.5 Å². The molecule has 0 saturated carbocycles. The number of hydrogen-bond acceptors (Lipinski definition) is 9. The zero-order valence-corrected chi connectivity index (χ0v) is 20.7. The molecule has 0 radical (unpaired) electrons. The molecule has 0 spiro atoms. The number of pyridine rings is 2. The van der Waals surface area contributed by atoms with Crippen molar-refractivity contribution in [2.24, 2.45) is 11.7 Å². The van der Waals surface area contributed by atoms with Gasteiger partial charge in [0.05, 0.1) is 6.54 Å². The van der Waals surface area contributed by atoms with Gasteiger partial charge in [-0.2, -0.15) is 0 Å². The van der Waals surface area contributed by atoms with E-state index in [1.165, 1.54) is 10.5 Å². The van der Waals surface area contributed by atoms with Crippen molar-refractivity contribution in [3.05, 3.63) is 34.5 Å². The molecule has 0 aromatic carbocycles. The van der Waals surface area contributed by atoms with Crippen molar-refractivity contribution in [2.75, 3.05) is 43.1 Å². The number of nitrogens with two attached hydrogens (primary N) is 1. The number of ether oxygens (including phenoxy) is 3. The normalized spacial score (nSPS) is 21.4. The lowest BCUT2D eigenvalue weighted by Crippen LogP contribution is -2.30. The van der Waals surface area contributed by atoms with Gasteiger partial charge in [-0.25, -0.2) is 14.8 Å². The van der Waals surface area contributed by atoms with Crippen LogP contribution in [0.5, 0.6) is 11.6 Å². The molecular weight excluding hydrogens is 488 g/mol. The summed E-state index contributed by atoms with van der Waals surface area (Å²) in [5.74, 6) is 1.84. The van der Waals surface area contributed by atoms with Crippen molar-refractivity contribution in [3.63, 3.8) is 0 Å². The molecule has 2 aromatic rings. The highest BCUT2D eigenvalue weighted by Crippen LogP contribution is 2.34. The van der Waals surface area contributed by atoms with Gasteiger partial charge in [-0.15, -0.1) is 0 Å². The molecule has 4 N–H and O–H groups in total. The third-order valence-electron chi connectivity index (χ3n) is 6.33. The second-order valence-electron chi connectivity index (χ2n) is 9.41. The summed E-state index contributed by atoms with van der Waals surface area (Å²) >= 11 is 6.40. The van der Waals surface area contributed by atoms with Gasteiger partial charge in [-0.05, 0) is 68.5 Å². The predicted molar refractivity (Wildman–Crippen MR) is 133 cm³/mol. The molecule has 2 aromatic heterocycles. The Morgan fingerprint density at radius 1 is 1.33 bits per heavy atom. The van der Waals surface area contributed by atoms with Gasteiger partial charge in [-0.1, -0.05) is 11.6 Å². The first-order chi connectivity index (χ1) is 17.4. The van der Waals surface area contributed by atoms with Crippen molar-refractivity contribution >= 4 is 35.2 Å². The molecule has 2 amide bonds. The number of fused-ring (bicyclic) bond motifs is 2. The van der Waals surface area contributed by atoms with Crippen LogP contribution in [0.15, 0.2) is 18.2 Å². The summed E-state index contributed by atoms with van der Waals surface area (Å²) in [7, 11) is 0. The van der Waals surface area contributed by atoms with E-state index in [1.807, 2.05) is 13.0 Å². The van der Waals surface area contributed by atoms with Gasteiger partial charge in [0, 0.05) is 12.1 Å². The molecule has 2 aliphatic heterocycles. The van der Waals surface area contributed by atoms with E-state index in [0.717, 1.165) is 24.9 Å². The topological polar surface area (TPSA) is 141 Å². The molecule has 1 fully saturated rings. The van der Waals surface area contributed by atoms with Crippen LogP contribution in [0.25, 0.3) is 0 Å². The molecule has 3 atom stereocenters. The van der Waals surface area contributed by atoms with E-state index in [9.17, 15) is 9.59 Å². The Bertz CT molecular complexity index is 1160. The molecular formula is C24H29ClN6O5. The Morgan fingerprint density at radius 2 is 2.19 bits per heavy atom. The number of cyclic esters (lactones) is 1. The first-order valence-electron chi connectivity index (χ1n) is 12.0. The molecule has 1 saturated heterocycles. The standard InChI is InChI=1S/C24H29ClN6O5/c1-13(26)11-35-21-8-15-6-14(7-17(15)22(25)30-21)9-27-5-4-16-10-31(24(33)36-16)19-3-2-18-23(28-19)29-20(32)12-34-18/h2-3,8,13-14,16,27H,4-7,9-12,26H2,1H3,(H,28,29,32). The molecule has 5 rings (SSSR count). The van der Waals surface area contributed by atoms with Crippen LogP contribution in [-0.4, -0.2) is 67.0 Å². The fourth-order valence-corrected chi connectivity index (χ4v) is 4.88. The molecule has 4 heterocycles. The number of anilines is 2. The van der Waals surface area contributed by atoms with Crippen molar-refractivity contribution in [3.8, 4) is 11.6 Å². The minimum absolute atomic E-state index is 0.0463. The highest BCUT2D eigenvalue weighted by atomic mass is 35.5. The maximum atomic E-state index is 12.4. The summed E-state index contributed by atoms with van der Waals surface area (Å²) in [6, 6.07) is 5.26. The number of amides is 2. The van der Waals surface area contributed by atoms with Crippen molar-refractivity contribution < 1.29 is 23.8 Å². The minimum Gasteiger partial charge on any atom is -0.480 e. The van der Waals surface area contributed by atoms with Crippen LogP contribution in [0.1, 0.15) is 24.5 Å². The molecule has 3 aliphatic rings. The smallest absolute Gasteiger partial charge is 0.415 e. The van der Waals surface area contributed by atoms with Crippen LogP contribution in [0.3, 0.4) is 0 Å². The summed E-state index contributed by atoms with van der Waals surface area (Å²) < 4.78 is 16.5. The van der Waals surface area contributed by atoms with Gasteiger partial charge in [0.25, 0.3) is 5.91 Å². The van der Waals surface area contributed by atoms with Crippen molar-refractivity contribution in [1.82, 2.24) is 15.3 Å². The van der Waals surface area contributed by atoms with Crippen LogP contribution in [0.4, 0.5) is 16.4 Å². The van der Waals surface area contributed by atoms with Gasteiger partial charge in [-0.3, -0.25) is 9.69 Å². The molecule has 11 nitrogen and oxygen atoms in total. The quantitative estimate of drug-likeness (QED) is 0.336. The van der Waals surface area contributed by atoms with E-state index in [-0.39, 0.29) is 24.7 Å². The summed E-state index contributed by atoms with van der Waals surface area (Å²) in [6.45, 7) is 4.13. The molecule has 12 heteroatoms. The predicted octanol–water partition coefficient (Wildman–Crippen LogP) is 1.91. The van der Waals surface area contributed by atoms with Crippen LogP contribution in [0.2, 0.25) is 5.15 Å². The molecule has 0 bridgehead atoms. The Hall–Kier alpha value is -3.15. The Kier molecular flexibility index (Phi) is 7.13. The molecule has 3 unspecified atom stereocenters. The van der Waals surface area contributed by atoms with Crippen LogP contribution < -0.4 is 30.7 Å². The maximum absolute atomic E-state index is 12.4. The van der Waals surface area contributed by atoms with Crippen LogP contribution in [-0.2, 0) is 22.4 Å². The fourth-order valence-electron chi connectivity index (χ4n) is 4.60. The molecule has 1 aliphatic carbocycles. The van der Waals surface area contributed by atoms with Gasteiger partial charge in [0.2, 0.25) is 5.88 Å². The highest BCUT2D eigenvalue weighted by Gasteiger charge is 2.34. The van der Waals surface area contributed by atoms with Crippen LogP contribution in [0, 0.1) is 5.92 Å². The lowest BCUT2D eigenvalue weighted by atomic mass is 10.1. The van der Waals surface area contributed by atoms with Crippen molar-refractivity contribution in [1.29, 1.82) is 0 Å². The number of rotatable bonds is 9. The Labute approximate surface area is 213 Å². The number of nitrogens with one attached hydrogen (secondary N) is 2.